The zero-order valence-electron chi connectivity index (χ0n) is 11.8. The van der Waals surface area contributed by atoms with Crippen molar-refractivity contribution in [3.05, 3.63) is 22.8 Å². The van der Waals surface area contributed by atoms with Crippen LogP contribution in [-0.4, -0.2) is 12.2 Å². The van der Waals surface area contributed by atoms with Crippen LogP contribution in [0.4, 0.5) is 0 Å². The van der Waals surface area contributed by atoms with Crippen LogP contribution in [0.3, 0.4) is 0 Å². The van der Waals surface area contributed by atoms with E-state index in [0.717, 1.165) is 6.42 Å². The van der Waals surface area contributed by atoms with Gasteiger partial charge >= 0.3 is 0 Å². The van der Waals surface area contributed by atoms with Crippen LogP contribution in [0.15, 0.2) is 22.8 Å². The molecule has 1 heteroatoms. The topological polar surface area (TPSA) is 9.23 Å². The monoisotopic (exact) mass is 234 g/mol. The standard InChI is InChI=1S/C16H26O/c1-5-12-13(6-2)16(11(3)4)17-15-10-8-7-9-14(12)15/h6,11,15-16H,5,7-10H2,1-4H3/b13-6+/t15-,16+/m1/s1. The average molecular weight is 234 g/mol. The molecular weight excluding hydrogens is 208 g/mol. The van der Waals surface area contributed by atoms with Gasteiger partial charge in [0.2, 0.25) is 0 Å². The first-order valence-electron chi connectivity index (χ1n) is 7.23. The van der Waals surface area contributed by atoms with Crippen molar-refractivity contribution in [1.29, 1.82) is 0 Å². The van der Waals surface area contributed by atoms with Crippen LogP contribution in [0.1, 0.15) is 59.8 Å². The lowest BCUT2D eigenvalue weighted by Crippen LogP contribution is -2.37. The van der Waals surface area contributed by atoms with E-state index in [1.54, 1.807) is 11.1 Å². The number of fused-ring (bicyclic) bond motifs is 1. The largest absolute Gasteiger partial charge is 0.366 e. The van der Waals surface area contributed by atoms with Crippen molar-refractivity contribution in [1.82, 2.24) is 0 Å². The van der Waals surface area contributed by atoms with Gasteiger partial charge in [0.1, 0.15) is 0 Å². The van der Waals surface area contributed by atoms with Crippen molar-refractivity contribution >= 4 is 0 Å². The highest BCUT2D eigenvalue weighted by molar-refractivity contribution is 5.42. The van der Waals surface area contributed by atoms with Gasteiger partial charge in [-0.1, -0.05) is 33.3 Å². The van der Waals surface area contributed by atoms with Crippen LogP contribution < -0.4 is 0 Å². The van der Waals surface area contributed by atoms with E-state index in [1.807, 2.05) is 0 Å². The average Bonchev–Trinajstić information content (AvgIpc) is 2.36. The van der Waals surface area contributed by atoms with Gasteiger partial charge in [-0.2, -0.15) is 0 Å². The number of allylic oxidation sites excluding steroid dienone is 1. The van der Waals surface area contributed by atoms with Crippen molar-refractivity contribution in [2.24, 2.45) is 5.92 Å². The van der Waals surface area contributed by atoms with E-state index in [1.165, 1.54) is 31.3 Å². The molecule has 0 aromatic rings. The molecule has 96 valence electrons. The quantitative estimate of drug-likeness (QED) is 0.676. The summed E-state index contributed by atoms with van der Waals surface area (Å²) in [7, 11) is 0. The zero-order valence-corrected chi connectivity index (χ0v) is 11.8. The molecule has 1 nitrogen and oxygen atoms in total. The molecule has 0 amide bonds. The molecule has 1 fully saturated rings. The summed E-state index contributed by atoms with van der Waals surface area (Å²) in [6, 6.07) is 0. The molecule has 0 N–H and O–H groups in total. The van der Waals surface area contributed by atoms with Crippen molar-refractivity contribution in [2.45, 2.75) is 72.0 Å². The molecule has 1 heterocycles. The second-order valence-corrected chi connectivity index (χ2v) is 5.64. The van der Waals surface area contributed by atoms with E-state index in [9.17, 15) is 0 Å². The highest BCUT2D eigenvalue weighted by atomic mass is 16.5. The Morgan fingerprint density at radius 2 is 2.12 bits per heavy atom. The highest BCUT2D eigenvalue weighted by Crippen LogP contribution is 2.41. The second kappa shape index (κ2) is 5.39. The molecule has 0 unspecified atom stereocenters. The van der Waals surface area contributed by atoms with Gasteiger partial charge in [0.25, 0.3) is 0 Å². The number of ether oxygens (including phenoxy) is 1. The summed E-state index contributed by atoms with van der Waals surface area (Å²) in [5, 5.41) is 0. The first-order chi connectivity index (χ1) is 8.19. The Morgan fingerprint density at radius 3 is 2.71 bits per heavy atom. The Kier molecular flexibility index (Phi) is 4.09. The highest BCUT2D eigenvalue weighted by Gasteiger charge is 2.34. The van der Waals surface area contributed by atoms with Crippen LogP contribution in [0.2, 0.25) is 0 Å². The SMILES string of the molecule is C/C=C1\C(CC)=C2CCCC[C@H]2O[C@H]1C(C)C. The third kappa shape index (κ3) is 2.35. The normalized spacial score (nSPS) is 32.2. The molecule has 0 bridgehead atoms. The Hall–Kier alpha value is -0.560. The minimum absolute atomic E-state index is 0.321. The van der Waals surface area contributed by atoms with Gasteiger partial charge in [-0.15, -0.1) is 0 Å². The Labute approximate surface area is 106 Å². The van der Waals surface area contributed by atoms with Crippen molar-refractivity contribution in [2.75, 3.05) is 0 Å². The summed E-state index contributed by atoms with van der Waals surface area (Å²) in [6.07, 6.45) is 9.37. The maximum absolute atomic E-state index is 6.36. The lowest BCUT2D eigenvalue weighted by Gasteiger charge is -2.40. The van der Waals surface area contributed by atoms with E-state index < -0.39 is 0 Å². The summed E-state index contributed by atoms with van der Waals surface area (Å²) in [5.74, 6) is 0.575. The Morgan fingerprint density at radius 1 is 1.35 bits per heavy atom. The minimum Gasteiger partial charge on any atom is -0.366 e. The number of hydrogen-bond donors (Lipinski definition) is 0. The van der Waals surface area contributed by atoms with E-state index in [4.69, 9.17) is 4.74 Å². The molecule has 0 aromatic carbocycles. The molecule has 0 aromatic heterocycles. The summed E-state index contributed by atoms with van der Waals surface area (Å²) >= 11 is 0. The van der Waals surface area contributed by atoms with Crippen LogP contribution in [0.5, 0.6) is 0 Å². The predicted octanol–water partition coefficient (Wildman–Crippen LogP) is 4.64. The maximum atomic E-state index is 6.36. The van der Waals surface area contributed by atoms with Crippen LogP contribution in [0, 0.1) is 5.92 Å². The summed E-state index contributed by atoms with van der Waals surface area (Å²) in [6.45, 7) is 9.00. The minimum atomic E-state index is 0.321. The smallest absolute Gasteiger partial charge is 0.0855 e. The fourth-order valence-corrected chi connectivity index (χ4v) is 3.37. The Bertz CT molecular complexity index is 335. The predicted molar refractivity (Wildman–Crippen MR) is 73.0 cm³/mol. The summed E-state index contributed by atoms with van der Waals surface area (Å²) in [4.78, 5) is 0. The fourth-order valence-electron chi connectivity index (χ4n) is 3.37. The Balaban J connectivity index is 2.39. The number of hydrogen-bond acceptors (Lipinski definition) is 1. The lowest BCUT2D eigenvalue weighted by atomic mass is 9.79. The van der Waals surface area contributed by atoms with Gasteiger partial charge in [0.15, 0.2) is 0 Å². The van der Waals surface area contributed by atoms with Gasteiger partial charge in [-0.3, -0.25) is 0 Å². The number of rotatable bonds is 2. The molecule has 2 rings (SSSR count). The molecule has 0 radical (unpaired) electrons. The summed E-state index contributed by atoms with van der Waals surface area (Å²) < 4.78 is 6.36. The molecule has 0 saturated heterocycles. The molecule has 2 aliphatic rings. The van der Waals surface area contributed by atoms with E-state index in [0.29, 0.717) is 18.1 Å². The van der Waals surface area contributed by atoms with Gasteiger partial charge in [0.05, 0.1) is 12.2 Å². The van der Waals surface area contributed by atoms with Gasteiger partial charge < -0.3 is 4.74 Å². The van der Waals surface area contributed by atoms with E-state index >= 15 is 0 Å². The van der Waals surface area contributed by atoms with Gasteiger partial charge in [-0.25, -0.2) is 0 Å². The molecular formula is C16H26O. The van der Waals surface area contributed by atoms with Crippen LogP contribution in [-0.2, 0) is 4.74 Å². The van der Waals surface area contributed by atoms with Crippen molar-refractivity contribution < 1.29 is 4.74 Å². The zero-order chi connectivity index (χ0) is 12.4. The third-order valence-corrected chi connectivity index (χ3v) is 4.17. The summed E-state index contributed by atoms with van der Waals surface area (Å²) in [5.41, 5.74) is 4.70. The van der Waals surface area contributed by atoms with E-state index in [2.05, 4.69) is 33.8 Å². The van der Waals surface area contributed by atoms with Gasteiger partial charge in [-0.05, 0) is 55.2 Å². The van der Waals surface area contributed by atoms with Crippen molar-refractivity contribution in [3.8, 4) is 0 Å². The fraction of sp³-hybridized carbons (Fsp3) is 0.750. The maximum Gasteiger partial charge on any atom is 0.0855 e. The molecule has 1 saturated carbocycles. The molecule has 1 aliphatic carbocycles. The molecule has 0 spiro atoms. The van der Waals surface area contributed by atoms with Gasteiger partial charge in [0, 0.05) is 0 Å². The van der Waals surface area contributed by atoms with Crippen molar-refractivity contribution in [3.63, 3.8) is 0 Å². The lowest BCUT2D eigenvalue weighted by molar-refractivity contribution is -0.0158. The third-order valence-electron chi connectivity index (χ3n) is 4.17. The van der Waals surface area contributed by atoms with E-state index in [-0.39, 0.29) is 0 Å². The van der Waals surface area contributed by atoms with Crippen LogP contribution >= 0.6 is 0 Å². The van der Waals surface area contributed by atoms with Crippen LogP contribution in [0.25, 0.3) is 0 Å². The molecule has 2 atom stereocenters. The molecule has 1 aliphatic heterocycles. The molecule has 17 heavy (non-hydrogen) atoms. The second-order valence-electron chi connectivity index (χ2n) is 5.64. The first-order valence-corrected chi connectivity index (χ1v) is 7.23. The first kappa shape index (κ1) is 12.9.